The Kier molecular flexibility index (Phi) is 8.99. The zero-order valence-electron chi connectivity index (χ0n) is 22.0. The van der Waals surface area contributed by atoms with E-state index in [1.807, 2.05) is 4.90 Å². The van der Waals surface area contributed by atoms with E-state index >= 15 is 0 Å². The van der Waals surface area contributed by atoms with Crippen molar-refractivity contribution in [2.24, 2.45) is 17.0 Å². The predicted octanol–water partition coefficient (Wildman–Crippen LogP) is 2.78. The highest BCUT2D eigenvalue weighted by Gasteiger charge is 2.45. The maximum absolute atomic E-state index is 14.8. The van der Waals surface area contributed by atoms with Gasteiger partial charge >= 0.3 is 0 Å². The van der Waals surface area contributed by atoms with Gasteiger partial charge in [-0.05, 0) is 48.4 Å². The lowest BCUT2D eigenvalue weighted by Gasteiger charge is -2.43. The minimum Gasteiger partial charge on any atom is -0.508 e. The number of piperidine rings is 1. The first-order valence-corrected chi connectivity index (χ1v) is 14.5. The number of benzene rings is 3. The molecule has 5 N–H and O–H groups in total. The number of carbonyl (C=O) groups is 2. The van der Waals surface area contributed by atoms with Gasteiger partial charge in [-0.2, -0.15) is 0 Å². The van der Waals surface area contributed by atoms with Crippen molar-refractivity contribution >= 4 is 21.6 Å². The van der Waals surface area contributed by atoms with Crippen LogP contribution in [-0.2, 0) is 10.0 Å². The van der Waals surface area contributed by atoms with Crippen LogP contribution in [0.2, 0.25) is 0 Å². The van der Waals surface area contributed by atoms with Crippen molar-refractivity contribution in [3.63, 3.8) is 0 Å². The highest BCUT2D eigenvalue weighted by Crippen LogP contribution is 2.42. The first-order chi connectivity index (χ1) is 18.9. The van der Waals surface area contributed by atoms with Crippen LogP contribution in [0.4, 0.5) is 4.39 Å². The number of hydrogen-bond acceptors (Lipinski definition) is 8. The van der Waals surface area contributed by atoms with E-state index in [1.165, 1.54) is 30.3 Å². The van der Waals surface area contributed by atoms with Gasteiger partial charge in [0.25, 0.3) is 0 Å². The molecule has 1 aliphatic rings. The van der Waals surface area contributed by atoms with E-state index in [-0.39, 0.29) is 53.8 Å². The van der Waals surface area contributed by atoms with Gasteiger partial charge in [-0.3, -0.25) is 9.59 Å². The van der Waals surface area contributed by atoms with E-state index in [0.717, 1.165) is 0 Å². The summed E-state index contributed by atoms with van der Waals surface area (Å²) >= 11 is 0. The lowest BCUT2D eigenvalue weighted by Crippen LogP contribution is -2.52. The number of primary sulfonamides is 1. The Morgan fingerprint density at radius 1 is 0.950 bits per heavy atom. The number of rotatable bonds is 10. The quantitative estimate of drug-likeness (QED) is 0.215. The second-order valence-corrected chi connectivity index (χ2v) is 11.7. The molecule has 0 spiro atoms. The van der Waals surface area contributed by atoms with Gasteiger partial charge in [-0.1, -0.05) is 36.4 Å². The molecule has 9 nitrogen and oxygen atoms in total. The minimum atomic E-state index is -3.73. The van der Waals surface area contributed by atoms with Gasteiger partial charge in [0.2, 0.25) is 10.0 Å². The molecule has 0 radical (unpaired) electrons. The summed E-state index contributed by atoms with van der Waals surface area (Å²) in [4.78, 5) is 29.9. The number of Topliss-reactive ketones (excluding diaryl/α,β-unsaturated/α-hetero) is 2. The number of aromatic hydroxyl groups is 2. The highest BCUT2D eigenvalue weighted by atomic mass is 32.2. The van der Waals surface area contributed by atoms with Gasteiger partial charge in [-0.25, -0.2) is 17.9 Å². The van der Waals surface area contributed by atoms with Crippen molar-refractivity contribution in [3.05, 3.63) is 94.8 Å². The summed E-state index contributed by atoms with van der Waals surface area (Å²) in [6.45, 7) is 2.55. The molecule has 3 aromatic carbocycles. The molecule has 1 fully saturated rings. The number of halogens is 1. The monoisotopic (exact) mass is 569 g/mol. The Hall–Kier alpha value is -3.64. The van der Waals surface area contributed by atoms with E-state index in [0.29, 0.717) is 17.7 Å². The summed E-state index contributed by atoms with van der Waals surface area (Å²) in [7, 11) is -3.73. The van der Waals surface area contributed by atoms with Gasteiger partial charge in [0.1, 0.15) is 23.2 Å². The Labute approximate surface area is 232 Å². The fourth-order valence-electron chi connectivity index (χ4n) is 5.43. The molecule has 40 heavy (non-hydrogen) atoms. The summed E-state index contributed by atoms with van der Waals surface area (Å²) in [5.74, 6) is -4.02. The summed E-state index contributed by atoms with van der Waals surface area (Å²) in [5, 5.41) is 27.9. The summed E-state index contributed by atoms with van der Waals surface area (Å²) < 4.78 is 37.5. The predicted molar refractivity (Wildman–Crippen MR) is 148 cm³/mol. The molecule has 4 rings (SSSR count). The molecular weight excluding hydrogens is 537 g/mol. The molecule has 1 saturated heterocycles. The Bertz CT molecular complexity index is 1450. The van der Waals surface area contributed by atoms with E-state index in [4.69, 9.17) is 5.14 Å². The maximum atomic E-state index is 14.8. The standard InChI is InChI=1S/C29H32FN3O6S/c1-18-23(9-4-10-26(18)30)27-24(28(36)19-5-2-7-21(34)13-19)15-33(12-11-32-17-40(31,38)39)16-25(27)29(37)20-6-3-8-22(35)14-20/h2-10,13-14,24-25,27,32,34-35H,11-12,15-17H2,1H3,(H2,31,38,39). The lowest BCUT2D eigenvalue weighted by atomic mass is 9.68. The summed E-state index contributed by atoms with van der Waals surface area (Å²) in [6.07, 6.45) is 0. The van der Waals surface area contributed by atoms with Crippen LogP contribution < -0.4 is 10.5 Å². The molecule has 0 amide bonds. The third-order valence-electron chi connectivity index (χ3n) is 7.29. The van der Waals surface area contributed by atoms with Gasteiger partial charge in [0.15, 0.2) is 11.6 Å². The number of carbonyl (C=O) groups excluding carboxylic acids is 2. The average Bonchev–Trinajstić information content (AvgIpc) is 2.91. The van der Waals surface area contributed by atoms with E-state index in [1.54, 1.807) is 43.3 Å². The number of nitrogens with two attached hydrogens (primary N) is 1. The molecule has 2 unspecified atom stereocenters. The second kappa shape index (κ2) is 12.3. The van der Waals surface area contributed by atoms with Crippen molar-refractivity contribution < 1.29 is 32.6 Å². The van der Waals surface area contributed by atoms with Crippen molar-refractivity contribution in [2.45, 2.75) is 12.8 Å². The van der Waals surface area contributed by atoms with Gasteiger partial charge in [0, 0.05) is 55.1 Å². The molecular formula is C29H32FN3O6S. The van der Waals surface area contributed by atoms with Crippen LogP contribution in [0.3, 0.4) is 0 Å². The van der Waals surface area contributed by atoms with E-state index in [2.05, 4.69) is 5.32 Å². The number of ketones is 2. The maximum Gasteiger partial charge on any atom is 0.222 e. The minimum absolute atomic E-state index is 0.0865. The van der Waals surface area contributed by atoms with Crippen LogP contribution in [-0.4, -0.2) is 67.2 Å². The number of nitrogens with zero attached hydrogens (tertiary/aromatic N) is 1. The van der Waals surface area contributed by atoms with Crippen LogP contribution in [0.25, 0.3) is 0 Å². The van der Waals surface area contributed by atoms with Crippen molar-refractivity contribution in [1.29, 1.82) is 0 Å². The van der Waals surface area contributed by atoms with Crippen LogP contribution in [0.5, 0.6) is 11.5 Å². The molecule has 0 saturated carbocycles. The molecule has 1 heterocycles. The van der Waals surface area contributed by atoms with Gasteiger partial charge in [0.05, 0.1) is 0 Å². The van der Waals surface area contributed by atoms with E-state index < -0.39 is 39.5 Å². The van der Waals surface area contributed by atoms with Crippen LogP contribution in [0.1, 0.15) is 37.8 Å². The Morgan fingerprint density at radius 2 is 1.48 bits per heavy atom. The van der Waals surface area contributed by atoms with Gasteiger partial charge < -0.3 is 20.4 Å². The molecule has 0 bridgehead atoms. The molecule has 212 valence electrons. The number of phenols is 2. The zero-order valence-corrected chi connectivity index (χ0v) is 22.8. The van der Waals surface area contributed by atoms with Gasteiger partial charge in [-0.15, -0.1) is 0 Å². The highest BCUT2D eigenvalue weighted by molar-refractivity contribution is 7.89. The zero-order chi connectivity index (χ0) is 29.0. The molecule has 3 aromatic rings. The molecule has 0 aromatic heterocycles. The third kappa shape index (κ3) is 6.92. The number of sulfonamides is 1. The third-order valence-corrected chi connectivity index (χ3v) is 7.89. The summed E-state index contributed by atoms with van der Waals surface area (Å²) in [5.41, 5.74) is 1.37. The Balaban J connectivity index is 1.78. The number of phenolic OH excluding ortho intramolecular Hbond substituents is 2. The largest absolute Gasteiger partial charge is 0.508 e. The molecule has 1 aliphatic heterocycles. The smallest absolute Gasteiger partial charge is 0.222 e. The molecule has 11 heteroatoms. The number of hydrogen-bond donors (Lipinski definition) is 4. The number of nitrogens with one attached hydrogen (secondary N) is 1. The topological polar surface area (TPSA) is 150 Å². The van der Waals surface area contributed by atoms with Crippen LogP contribution in [0, 0.1) is 24.6 Å². The second-order valence-electron chi connectivity index (χ2n) is 10.1. The van der Waals surface area contributed by atoms with Crippen molar-refractivity contribution in [2.75, 3.05) is 32.1 Å². The summed E-state index contributed by atoms with van der Waals surface area (Å²) in [6, 6.07) is 16.5. The fourth-order valence-corrected chi connectivity index (χ4v) is 5.86. The van der Waals surface area contributed by atoms with E-state index in [9.17, 15) is 32.6 Å². The van der Waals surface area contributed by atoms with Crippen molar-refractivity contribution in [3.8, 4) is 11.5 Å². The van der Waals surface area contributed by atoms with Crippen LogP contribution >= 0.6 is 0 Å². The molecule has 2 atom stereocenters. The number of likely N-dealkylation sites (tertiary alicyclic amines) is 1. The fraction of sp³-hybridized carbons (Fsp3) is 0.310. The van der Waals surface area contributed by atoms with Crippen molar-refractivity contribution in [1.82, 2.24) is 10.2 Å². The normalized spacial score (nSPS) is 19.8. The SMILES string of the molecule is Cc1c(F)cccc1C1C(C(=O)c2cccc(O)c2)CN(CCNCS(N)(=O)=O)CC1C(=O)c1cccc(O)c1. The lowest BCUT2D eigenvalue weighted by molar-refractivity contribution is 0.0574. The Morgan fingerprint density at radius 3 is 1.98 bits per heavy atom. The first-order valence-electron chi connectivity index (χ1n) is 12.8. The first kappa shape index (κ1) is 29.3. The van der Waals surface area contributed by atoms with Crippen LogP contribution in [0.15, 0.2) is 66.7 Å². The average molecular weight is 570 g/mol. The molecule has 0 aliphatic carbocycles.